The summed E-state index contributed by atoms with van der Waals surface area (Å²) in [6.45, 7) is 7.02. The third-order valence-electron chi connectivity index (χ3n) is 5.73. The second-order valence-electron chi connectivity index (χ2n) is 7.79. The molecule has 1 aliphatic heterocycles. The van der Waals surface area contributed by atoms with E-state index in [1.807, 2.05) is 21.4 Å². The van der Waals surface area contributed by atoms with Gasteiger partial charge in [-0.3, -0.25) is 9.69 Å². The van der Waals surface area contributed by atoms with Crippen LogP contribution < -0.4 is 4.90 Å². The monoisotopic (exact) mass is 352 g/mol. The lowest BCUT2D eigenvalue weighted by Gasteiger charge is -2.41. The molecular formula is C18H32N4OS. The summed E-state index contributed by atoms with van der Waals surface area (Å²) in [5.74, 6) is 1.90. The van der Waals surface area contributed by atoms with Crippen LogP contribution in [0.15, 0.2) is 12.4 Å². The molecule has 1 aromatic rings. The van der Waals surface area contributed by atoms with Gasteiger partial charge in [-0.2, -0.15) is 16.2 Å². The molecule has 0 radical (unpaired) electrons. The Balaban J connectivity index is 1.56. The van der Waals surface area contributed by atoms with Gasteiger partial charge in [0.15, 0.2) is 0 Å². The average molecular weight is 353 g/mol. The normalized spacial score (nSPS) is 27.0. The van der Waals surface area contributed by atoms with E-state index in [9.17, 15) is 4.79 Å². The van der Waals surface area contributed by atoms with Crippen LogP contribution in [0.2, 0.25) is 0 Å². The average Bonchev–Trinajstić information content (AvgIpc) is 3.05. The molecule has 24 heavy (non-hydrogen) atoms. The van der Waals surface area contributed by atoms with Gasteiger partial charge in [0, 0.05) is 19.1 Å². The number of aromatic nitrogens is 2. The standard InChI is InChI=1S/C18H32N4OS/c1-14(2)15-5-7-16(8-6-15)20-9-10-21(18(23)13-20)17-11-19-22(12-17)24(3)4/h11-12,14-16,24H,5-10,13H2,1-4H3. The molecular weight excluding hydrogens is 320 g/mol. The molecule has 1 aromatic heterocycles. The highest BCUT2D eigenvalue weighted by atomic mass is 32.2. The van der Waals surface area contributed by atoms with Gasteiger partial charge in [0.2, 0.25) is 5.91 Å². The Morgan fingerprint density at radius 2 is 1.88 bits per heavy atom. The predicted octanol–water partition coefficient (Wildman–Crippen LogP) is 2.77. The summed E-state index contributed by atoms with van der Waals surface area (Å²) in [7, 11) is 0. The molecule has 1 saturated heterocycles. The maximum Gasteiger partial charge on any atom is 0.241 e. The highest BCUT2D eigenvalue weighted by molar-refractivity contribution is 8.14. The van der Waals surface area contributed by atoms with E-state index in [0.717, 1.165) is 30.6 Å². The van der Waals surface area contributed by atoms with Crippen LogP contribution >= 0.6 is 11.1 Å². The fraction of sp³-hybridized carbons (Fsp3) is 0.778. The van der Waals surface area contributed by atoms with Crippen molar-refractivity contribution in [3.05, 3.63) is 12.4 Å². The molecule has 0 atom stereocenters. The molecule has 2 heterocycles. The number of piperazine rings is 1. The molecule has 6 heteroatoms. The van der Waals surface area contributed by atoms with Crippen molar-refractivity contribution < 1.29 is 4.79 Å². The van der Waals surface area contributed by atoms with Gasteiger partial charge < -0.3 is 4.90 Å². The van der Waals surface area contributed by atoms with Crippen molar-refractivity contribution >= 4 is 22.7 Å². The minimum absolute atomic E-state index is 0.225. The third kappa shape index (κ3) is 3.80. The van der Waals surface area contributed by atoms with Gasteiger partial charge in [-0.15, -0.1) is 0 Å². The number of rotatable bonds is 4. The van der Waals surface area contributed by atoms with Crippen LogP contribution in [0.4, 0.5) is 5.69 Å². The maximum atomic E-state index is 12.7. The van der Waals surface area contributed by atoms with Gasteiger partial charge in [0.1, 0.15) is 0 Å². The van der Waals surface area contributed by atoms with Crippen molar-refractivity contribution in [3.63, 3.8) is 0 Å². The number of carbonyl (C=O) groups excluding carboxylic acids is 1. The van der Waals surface area contributed by atoms with Crippen LogP contribution in [-0.4, -0.2) is 58.2 Å². The molecule has 136 valence electrons. The van der Waals surface area contributed by atoms with E-state index < -0.39 is 0 Å². The number of hydrogen-bond donors (Lipinski definition) is 1. The minimum atomic E-state index is -0.282. The highest BCUT2D eigenvalue weighted by Gasteiger charge is 2.33. The summed E-state index contributed by atoms with van der Waals surface area (Å²) in [6, 6.07) is 0.605. The summed E-state index contributed by atoms with van der Waals surface area (Å²) < 4.78 is 1.98. The molecule has 1 aliphatic carbocycles. The number of nitrogens with zero attached hydrogens (tertiary/aromatic N) is 4. The molecule has 0 bridgehead atoms. The van der Waals surface area contributed by atoms with E-state index >= 15 is 0 Å². The van der Waals surface area contributed by atoms with Crippen LogP contribution in [-0.2, 0) is 4.79 Å². The zero-order valence-electron chi connectivity index (χ0n) is 15.5. The number of carbonyl (C=O) groups is 1. The Morgan fingerprint density at radius 3 is 2.42 bits per heavy atom. The van der Waals surface area contributed by atoms with Gasteiger partial charge in [0.25, 0.3) is 0 Å². The molecule has 1 amide bonds. The lowest BCUT2D eigenvalue weighted by atomic mass is 9.79. The van der Waals surface area contributed by atoms with Crippen molar-refractivity contribution in [2.24, 2.45) is 11.8 Å². The fourth-order valence-electron chi connectivity index (χ4n) is 4.07. The highest BCUT2D eigenvalue weighted by Crippen LogP contribution is 2.33. The van der Waals surface area contributed by atoms with E-state index in [1.54, 1.807) is 0 Å². The van der Waals surface area contributed by atoms with Crippen molar-refractivity contribution in [3.8, 4) is 0 Å². The van der Waals surface area contributed by atoms with Crippen LogP contribution in [0.5, 0.6) is 0 Å². The Labute approximate surface area is 148 Å². The molecule has 1 saturated carbocycles. The minimum Gasteiger partial charge on any atom is -0.307 e. The third-order valence-corrected chi connectivity index (χ3v) is 6.77. The lowest BCUT2D eigenvalue weighted by Crippen LogP contribution is -2.54. The second-order valence-corrected chi connectivity index (χ2v) is 9.90. The lowest BCUT2D eigenvalue weighted by molar-refractivity contribution is -0.122. The Kier molecular flexibility index (Phi) is 5.55. The maximum absolute atomic E-state index is 12.7. The van der Waals surface area contributed by atoms with Gasteiger partial charge in [-0.1, -0.05) is 13.8 Å². The number of anilines is 1. The van der Waals surface area contributed by atoms with Gasteiger partial charge in [0.05, 0.1) is 24.6 Å². The molecule has 2 aliphatic rings. The van der Waals surface area contributed by atoms with Crippen molar-refractivity contribution in [1.29, 1.82) is 0 Å². The molecule has 0 aromatic carbocycles. The molecule has 5 nitrogen and oxygen atoms in total. The molecule has 2 fully saturated rings. The van der Waals surface area contributed by atoms with Crippen molar-refractivity contribution in [1.82, 2.24) is 14.1 Å². The van der Waals surface area contributed by atoms with E-state index in [1.165, 1.54) is 25.7 Å². The van der Waals surface area contributed by atoms with Crippen LogP contribution in [0, 0.1) is 11.8 Å². The second kappa shape index (κ2) is 7.48. The van der Waals surface area contributed by atoms with Crippen LogP contribution in [0.3, 0.4) is 0 Å². The molecule has 0 unspecified atom stereocenters. The van der Waals surface area contributed by atoms with E-state index in [4.69, 9.17) is 0 Å². The summed E-state index contributed by atoms with van der Waals surface area (Å²) in [4.78, 5) is 17.0. The number of amides is 1. The van der Waals surface area contributed by atoms with E-state index in [-0.39, 0.29) is 17.0 Å². The number of thiol groups is 1. The largest absolute Gasteiger partial charge is 0.307 e. The molecule has 0 spiro atoms. The Hall–Kier alpha value is -1.01. The first-order valence-electron chi connectivity index (χ1n) is 9.22. The predicted molar refractivity (Wildman–Crippen MR) is 103 cm³/mol. The zero-order valence-corrected chi connectivity index (χ0v) is 16.4. The first-order chi connectivity index (χ1) is 11.5. The van der Waals surface area contributed by atoms with Crippen molar-refractivity contribution in [2.45, 2.75) is 45.6 Å². The Bertz CT molecular complexity index is 563. The topological polar surface area (TPSA) is 41.4 Å². The van der Waals surface area contributed by atoms with Gasteiger partial charge in [-0.25, -0.2) is 4.09 Å². The molecule has 0 N–H and O–H groups in total. The molecule has 3 rings (SSSR count). The summed E-state index contributed by atoms with van der Waals surface area (Å²) in [5.41, 5.74) is 0.958. The van der Waals surface area contributed by atoms with E-state index in [0.29, 0.717) is 12.6 Å². The summed E-state index contributed by atoms with van der Waals surface area (Å²) in [5, 5.41) is 4.40. The Morgan fingerprint density at radius 1 is 1.17 bits per heavy atom. The zero-order chi connectivity index (χ0) is 17.3. The van der Waals surface area contributed by atoms with Crippen LogP contribution in [0.1, 0.15) is 39.5 Å². The first kappa shape index (κ1) is 17.8. The van der Waals surface area contributed by atoms with E-state index in [2.05, 4.69) is 36.4 Å². The van der Waals surface area contributed by atoms with Crippen molar-refractivity contribution in [2.75, 3.05) is 37.0 Å². The first-order valence-corrected chi connectivity index (χ1v) is 11.4. The van der Waals surface area contributed by atoms with Gasteiger partial charge >= 0.3 is 0 Å². The quantitative estimate of drug-likeness (QED) is 0.847. The van der Waals surface area contributed by atoms with Crippen LogP contribution in [0.25, 0.3) is 0 Å². The fourth-order valence-corrected chi connectivity index (χ4v) is 4.68. The summed E-state index contributed by atoms with van der Waals surface area (Å²) in [6.07, 6.45) is 13.3. The van der Waals surface area contributed by atoms with Gasteiger partial charge in [-0.05, 0) is 50.0 Å². The smallest absolute Gasteiger partial charge is 0.241 e. The number of hydrogen-bond acceptors (Lipinski definition) is 3. The SMILES string of the molecule is CC(C)C1CCC(N2CCN(c3cnn([SH](C)C)c3)C(=O)C2)CC1. The summed E-state index contributed by atoms with van der Waals surface area (Å²) >= 11 is -0.282.